The van der Waals surface area contributed by atoms with Crippen LogP contribution in [0.25, 0.3) is 0 Å². The van der Waals surface area contributed by atoms with Crippen LogP contribution in [0.15, 0.2) is 42.5 Å². The molecule has 3 N–H and O–H groups in total. The SMILES string of the molecule is CCOP(=O)(O)OCOC(=O)C[C@H](CC)c1ccc(N(CC(C)C)CC(C)C)c(NC(=O)Nc2ccc(C)cc2)c1. The van der Waals surface area contributed by atoms with E-state index in [2.05, 4.69) is 52.3 Å². The number of nitrogens with one attached hydrogen (secondary N) is 2. The molecule has 0 aliphatic carbocycles. The summed E-state index contributed by atoms with van der Waals surface area (Å²) in [5.74, 6) is 0.0130. The molecule has 0 saturated carbocycles. The van der Waals surface area contributed by atoms with Crippen LogP contribution in [0.4, 0.5) is 21.9 Å². The van der Waals surface area contributed by atoms with Crippen LogP contribution in [0.5, 0.6) is 0 Å². The zero-order chi connectivity index (χ0) is 30.6. The van der Waals surface area contributed by atoms with Crippen LogP contribution in [0.1, 0.15) is 71.4 Å². The minimum absolute atomic E-state index is 0.0131. The number of ether oxygens (including phenoxy) is 1. The first-order chi connectivity index (χ1) is 19.3. The van der Waals surface area contributed by atoms with Gasteiger partial charge in [-0.3, -0.25) is 9.32 Å². The minimum atomic E-state index is -4.26. The molecule has 2 rings (SSSR count). The van der Waals surface area contributed by atoms with E-state index in [-0.39, 0.29) is 25.0 Å². The molecule has 0 bridgehead atoms. The lowest BCUT2D eigenvalue weighted by molar-refractivity contribution is -0.151. The van der Waals surface area contributed by atoms with E-state index in [1.165, 1.54) is 0 Å². The molecule has 2 aromatic carbocycles. The summed E-state index contributed by atoms with van der Waals surface area (Å²) in [6.07, 6.45) is 0.656. The maximum absolute atomic E-state index is 13.1. The third-order valence-corrected chi connectivity index (χ3v) is 7.21. The van der Waals surface area contributed by atoms with Crippen molar-refractivity contribution in [1.29, 1.82) is 0 Å². The quantitative estimate of drug-likeness (QED) is 0.105. The predicted molar refractivity (Wildman–Crippen MR) is 163 cm³/mol. The van der Waals surface area contributed by atoms with Gasteiger partial charge in [0.1, 0.15) is 0 Å². The van der Waals surface area contributed by atoms with E-state index in [1.54, 1.807) is 6.92 Å². The van der Waals surface area contributed by atoms with Crippen LogP contribution >= 0.6 is 7.82 Å². The number of hydrogen-bond acceptors (Lipinski definition) is 7. The molecule has 228 valence electrons. The number of phosphoric ester groups is 1. The van der Waals surface area contributed by atoms with Crippen LogP contribution in [-0.2, 0) is 23.1 Å². The molecule has 0 heterocycles. The summed E-state index contributed by atoms with van der Waals surface area (Å²) in [4.78, 5) is 37.4. The third-order valence-electron chi connectivity index (χ3n) is 6.20. The Hall–Kier alpha value is -2.91. The van der Waals surface area contributed by atoms with Gasteiger partial charge in [-0.25, -0.2) is 13.9 Å². The molecular formula is C30H46N3O7P. The van der Waals surface area contributed by atoms with Crippen molar-refractivity contribution in [2.75, 3.05) is 42.0 Å². The van der Waals surface area contributed by atoms with Gasteiger partial charge < -0.3 is 25.2 Å². The van der Waals surface area contributed by atoms with E-state index in [4.69, 9.17) is 4.74 Å². The summed E-state index contributed by atoms with van der Waals surface area (Å²) in [5, 5.41) is 5.93. The fourth-order valence-corrected chi connectivity index (χ4v) is 4.96. The lowest BCUT2D eigenvalue weighted by Crippen LogP contribution is -2.32. The molecule has 0 spiro atoms. The van der Waals surface area contributed by atoms with Gasteiger partial charge in [-0.05, 0) is 67.9 Å². The molecule has 0 aromatic heterocycles. The van der Waals surface area contributed by atoms with Crippen molar-refractivity contribution in [2.24, 2.45) is 11.8 Å². The number of esters is 1. The second-order valence-electron chi connectivity index (χ2n) is 10.9. The van der Waals surface area contributed by atoms with Crippen molar-refractivity contribution in [1.82, 2.24) is 0 Å². The molecule has 0 fully saturated rings. The molecule has 2 amide bonds. The van der Waals surface area contributed by atoms with Gasteiger partial charge in [-0.15, -0.1) is 0 Å². The van der Waals surface area contributed by atoms with Gasteiger partial charge in [0.25, 0.3) is 0 Å². The first-order valence-electron chi connectivity index (χ1n) is 14.1. The number of aryl methyl sites for hydroxylation is 1. The van der Waals surface area contributed by atoms with Crippen molar-refractivity contribution < 1.29 is 32.8 Å². The van der Waals surface area contributed by atoms with Crippen LogP contribution in [0.2, 0.25) is 0 Å². The lowest BCUT2D eigenvalue weighted by Gasteiger charge is -2.31. The number of carbonyl (C=O) groups is 2. The Morgan fingerprint density at radius 1 is 0.951 bits per heavy atom. The number of amides is 2. The van der Waals surface area contributed by atoms with Crippen molar-refractivity contribution in [3.8, 4) is 0 Å². The highest BCUT2D eigenvalue weighted by atomic mass is 31.2. The van der Waals surface area contributed by atoms with Crippen LogP contribution in [0, 0.1) is 18.8 Å². The highest BCUT2D eigenvalue weighted by Crippen LogP contribution is 2.42. The van der Waals surface area contributed by atoms with Gasteiger partial charge in [0.2, 0.25) is 6.79 Å². The predicted octanol–water partition coefficient (Wildman–Crippen LogP) is 7.30. The van der Waals surface area contributed by atoms with Crippen molar-refractivity contribution in [2.45, 2.75) is 67.2 Å². The van der Waals surface area contributed by atoms with E-state index < -0.39 is 20.6 Å². The Kier molecular flexibility index (Phi) is 13.8. The monoisotopic (exact) mass is 591 g/mol. The number of phosphoric acid groups is 1. The number of nitrogens with zero attached hydrogens (tertiary/aromatic N) is 1. The van der Waals surface area contributed by atoms with Gasteiger partial charge in [-0.2, -0.15) is 0 Å². The topological polar surface area (TPSA) is 126 Å². The molecule has 11 heteroatoms. The van der Waals surface area contributed by atoms with E-state index in [0.717, 1.165) is 29.9 Å². The van der Waals surface area contributed by atoms with Gasteiger partial charge in [0.05, 0.1) is 24.4 Å². The normalized spacial score (nSPS) is 13.5. The first kappa shape index (κ1) is 34.3. The number of carbonyl (C=O) groups excluding carboxylic acids is 2. The number of urea groups is 1. The minimum Gasteiger partial charge on any atom is -0.438 e. The van der Waals surface area contributed by atoms with Crippen LogP contribution in [0.3, 0.4) is 0 Å². The van der Waals surface area contributed by atoms with E-state index >= 15 is 0 Å². The zero-order valence-electron chi connectivity index (χ0n) is 25.3. The van der Waals surface area contributed by atoms with Gasteiger partial charge in [0.15, 0.2) is 0 Å². The molecule has 2 atom stereocenters. The Morgan fingerprint density at radius 2 is 1.59 bits per heavy atom. The van der Waals surface area contributed by atoms with E-state index in [0.29, 0.717) is 29.6 Å². The number of anilines is 3. The third kappa shape index (κ3) is 12.2. The fourth-order valence-electron chi connectivity index (χ4n) is 4.37. The summed E-state index contributed by atoms with van der Waals surface area (Å²) in [7, 11) is -4.26. The van der Waals surface area contributed by atoms with Crippen LogP contribution < -0.4 is 15.5 Å². The molecule has 0 aliphatic heterocycles. The molecule has 0 radical (unpaired) electrons. The molecular weight excluding hydrogens is 545 g/mol. The molecule has 1 unspecified atom stereocenters. The smallest absolute Gasteiger partial charge is 0.438 e. The summed E-state index contributed by atoms with van der Waals surface area (Å²) in [5.41, 5.74) is 4.17. The molecule has 0 saturated heterocycles. The first-order valence-corrected chi connectivity index (χ1v) is 15.6. The summed E-state index contributed by atoms with van der Waals surface area (Å²) in [6.45, 7) is 15.0. The molecule has 41 heavy (non-hydrogen) atoms. The fraction of sp³-hybridized carbons (Fsp3) is 0.533. The maximum atomic E-state index is 13.1. The second kappa shape index (κ2) is 16.5. The highest BCUT2D eigenvalue weighted by Gasteiger charge is 2.23. The van der Waals surface area contributed by atoms with E-state index in [1.807, 2.05) is 56.3 Å². The van der Waals surface area contributed by atoms with Gasteiger partial charge >= 0.3 is 19.8 Å². The van der Waals surface area contributed by atoms with Crippen molar-refractivity contribution in [3.63, 3.8) is 0 Å². The maximum Gasteiger partial charge on any atom is 0.475 e. The summed E-state index contributed by atoms with van der Waals surface area (Å²) in [6, 6.07) is 13.1. The average Bonchev–Trinajstić information content (AvgIpc) is 2.87. The lowest BCUT2D eigenvalue weighted by atomic mass is 9.92. The van der Waals surface area contributed by atoms with Crippen molar-refractivity contribution >= 4 is 36.9 Å². The zero-order valence-corrected chi connectivity index (χ0v) is 26.2. The summed E-state index contributed by atoms with van der Waals surface area (Å²) < 4.78 is 26.0. The van der Waals surface area contributed by atoms with Crippen molar-refractivity contribution in [3.05, 3.63) is 53.6 Å². The molecule has 10 nitrogen and oxygen atoms in total. The number of hydrogen-bond donors (Lipinski definition) is 3. The second-order valence-corrected chi connectivity index (χ2v) is 12.3. The molecule has 2 aromatic rings. The van der Waals surface area contributed by atoms with Crippen LogP contribution in [-0.4, -0.2) is 43.4 Å². The van der Waals surface area contributed by atoms with E-state index in [9.17, 15) is 19.0 Å². The standard InChI is InChI=1S/C30H46N3O7P/c1-8-24(17-29(34)38-20-40-41(36,37)39-9-2)25-12-15-28(33(18-21(3)4)19-22(5)6)27(16-25)32-30(35)31-26-13-10-23(7)11-14-26/h10-16,21-22,24H,8-9,17-20H2,1-7H3,(H,36,37)(H2,31,32,35)/t24-/m0/s1. The Balaban J connectivity index is 2.29. The largest absolute Gasteiger partial charge is 0.475 e. The van der Waals surface area contributed by atoms with Gasteiger partial charge in [0, 0.05) is 18.8 Å². The Morgan fingerprint density at radius 3 is 2.15 bits per heavy atom. The Bertz CT molecular complexity index is 1160. The highest BCUT2D eigenvalue weighted by molar-refractivity contribution is 7.47. The summed E-state index contributed by atoms with van der Waals surface area (Å²) >= 11 is 0. The average molecular weight is 592 g/mol. The Labute approximate surface area is 244 Å². The number of rotatable bonds is 16. The number of benzene rings is 2. The molecule has 0 aliphatic rings. The van der Waals surface area contributed by atoms with Gasteiger partial charge in [-0.1, -0.05) is 58.4 Å².